The molecule has 2 atom stereocenters. The molecule has 0 aliphatic rings. The van der Waals surface area contributed by atoms with E-state index in [1.807, 2.05) is 42.5 Å². The maximum Gasteiger partial charge on any atom is 0.0795 e. The summed E-state index contributed by atoms with van der Waals surface area (Å²) < 4.78 is 0. The van der Waals surface area contributed by atoms with E-state index in [4.69, 9.17) is 0 Å². The van der Waals surface area contributed by atoms with E-state index in [-0.39, 0.29) is 6.10 Å². The molecule has 0 aliphatic carbocycles. The van der Waals surface area contributed by atoms with Crippen LogP contribution in [0.2, 0.25) is 0 Å². The first-order valence-electron chi connectivity index (χ1n) is 6.46. The van der Waals surface area contributed by atoms with Gasteiger partial charge in [-0.25, -0.2) is 0 Å². The van der Waals surface area contributed by atoms with Crippen molar-refractivity contribution in [2.75, 3.05) is 0 Å². The van der Waals surface area contributed by atoms with E-state index in [1.54, 1.807) is 0 Å². The second-order valence-corrected chi connectivity index (χ2v) is 4.97. The van der Waals surface area contributed by atoms with Gasteiger partial charge < -0.3 is 5.11 Å². The predicted molar refractivity (Wildman–Crippen MR) is 75.6 cm³/mol. The Labute approximate surface area is 109 Å². The standard InChI is InChI=1S/C17H20O/c1-13-8-10-16(11-9-13)17(18)12-14(2)15-6-4-3-5-7-15/h3-11,14,17-18H,12H2,1-2H3. The van der Waals surface area contributed by atoms with Crippen LogP contribution in [0.5, 0.6) is 0 Å². The zero-order valence-corrected chi connectivity index (χ0v) is 11.0. The monoisotopic (exact) mass is 240 g/mol. The van der Waals surface area contributed by atoms with Crippen molar-refractivity contribution in [3.63, 3.8) is 0 Å². The van der Waals surface area contributed by atoms with Crippen LogP contribution in [-0.4, -0.2) is 5.11 Å². The molecule has 0 aromatic heterocycles. The number of hydrogen-bond donors (Lipinski definition) is 1. The molecule has 0 amide bonds. The summed E-state index contributed by atoms with van der Waals surface area (Å²) in [4.78, 5) is 0. The van der Waals surface area contributed by atoms with Gasteiger partial charge in [0.05, 0.1) is 6.10 Å². The van der Waals surface area contributed by atoms with Crippen LogP contribution in [0.3, 0.4) is 0 Å². The minimum Gasteiger partial charge on any atom is -0.388 e. The summed E-state index contributed by atoms with van der Waals surface area (Å²) in [6.07, 6.45) is 0.369. The van der Waals surface area contributed by atoms with Gasteiger partial charge in [0.2, 0.25) is 0 Å². The first-order chi connectivity index (χ1) is 8.66. The van der Waals surface area contributed by atoms with E-state index in [2.05, 4.69) is 26.0 Å². The minimum absolute atomic E-state index is 0.363. The fraction of sp³-hybridized carbons (Fsp3) is 0.294. The quantitative estimate of drug-likeness (QED) is 0.848. The number of hydrogen-bond acceptors (Lipinski definition) is 1. The van der Waals surface area contributed by atoms with E-state index in [0.29, 0.717) is 5.92 Å². The number of aliphatic hydroxyl groups excluding tert-OH is 1. The molecule has 0 saturated carbocycles. The van der Waals surface area contributed by atoms with Crippen LogP contribution in [0.1, 0.15) is 42.1 Å². The zero-order chi connectivity index (χ0) is 13.0. The summed E-state index contributed by atoms with van der Waals surface area (Å²) in [5.74, 6) is 0.363. The third kappa shape index (κ3) is 3.21. The van der Waals surface area contributed by atoms with Crippen molar-refractivity contribution in [2.24, 2.45) is 0 Å². The van der Waals surface area contributed by atoms with Crippen LogP contribution in [0.4, 0.5) is 0 Å². The normalized spacial score (nSPS) is 14.2. The molecule has 0 heterocycles. The fourth-order valence-electron chi connectivity index (χ4n) is 2.18. The second kappa shape index (κ2) is 5.83. The fourth-order valence-corrected chi connectivity index (χ4v) is 2.18. The van der Waals surface area contributed by atoms with Crippen LogP contribution in [0.15, 0.2) is 54.6 Å². The largest absolute Gasteiger partial charge is 0.388 e. The molecular formula is C17H20O. The topological polar surface area (TPSA) is 20.2 Å². The van der Waals surface area contributed by atoms with E-state index >= 15 is 0 Å². The summed E-state index contributed by atoms with van der Waals surface area (Å²) >= 11 is 0. The Morgan fingerprint density at radius 1 is 0.889 bits per heavy atom. The maximum atomic E-state index is 10.2. The molecule has 0 fully saturated rings. The van der Waals surface area contributed by atoms with E-state index in [0.717, 1.165) is 12.0 Å². The maximum absolute atomic E-state index is 10.2. The molecule has 0 spiro atoms. The van der Waals surface area contributed by atoms with Gasteiger partial charge >= 0.3 is 0 Å². The average molecular weight is 240 g/mol. The third-order valence-corrected chi connectivity index (χ3v) is 3.41. The lowest BCUT2D eigenvalue weighted by atomic mass is 9.92. The molecule has 1 nitrogen and oxygen atoms in total. The lowest BCUT2D eigenvalue weighted by molar-refractivity contribution is 0.159. The van der Waals surface area contributed by atoms with Crippen LogP contribution in [0.25, 0.3) is 0 Å². The molecular weight excluding hydrogens is 220 g/mol. The van der Waals surface area contributed by atoms with Gasteiger partial charge in [0.15, 0.2) is 0 Å². The molecule has 1 heteroatoms. The molecule has 1 N–H and O–H groups in total. The highest BCUT2D eigenvalue weighted by atomic mass is 16.3. The van der Waals surface area contributed by atoms with Crippen LogP contribution < -0.4 is 0 Å². The highest BCUT2D eigenvalue weighted by Gasteiger charge is 2.13. The SMILES string of the molecule is Cc1ccc(C(O)CC(C)c2ccccc2)cc1. The Bertz CT molecular complexity index is 473. The van der Waals surface area contributed by atoms with Crippen LogP contribution in [-0.2, 0) is 0 Å². The van der Waals surface area contributed by atoms with Gasteiger partial charge in [-0.2, -0.15) is 0 Å². The van der Waals surface area contributed by atoms with E-state index in [9.17, 15) is 5.11 Å². The van der Waals surface area contributed by atoms with Gasteiger partial charge in [0, 0.05) is 0 Å². The summed E-state index contributed by atoms with van der Waals surface area (Å²) in [6.45, 7) is 4.22. The average Bonchev–Trinajstić information content (AvgIpc) is 2.40. The summed E-state index contributed by atoms with van der Waals surface area (Å²) in [5, 5.41) is 10.2. The van der Waals surface area contributed by atoms with E-state index < -0.39 is 0 Å². The van der Waals surface area contributed by atoms with Crippen LogP contribution >= 0.6 is 0 Å². The van der Waals surface area contributed by atoms with Gasteiger partial charge in [-0.1, -0.05) is 67.1 Å². The number of benzene rings is 2. The van der Waals surface area contributed by atoms with E-state index in [1.165, 1.54) is 11.1 Å². The molecule has 2 unspecified atom stereocenters. The lowest BCUT2D eigenvalue weighted by Gasteiger charge is -2.17. The Hall–Kier alpha value is -1.60. The highest BCUT2D eigenvalue weighted by molar-refractivity contribution is 5.24. The zero-order valence-electron chi connectivity index (χ0n) is 11.0. The van der Waals surface area contributed by atoms with Crippen molar-refractivity contribution in [3.8, 4) is 0 Å². The second-order valence-electron chi connectivity index (χ2n) is 4.97. The Morgan fingerprint density at radius 3 is 2.11 bits per heavy atom. The molecule has 2 rings (SSSR count). The first-order valence-corrected chi connectivity index (χ1v) is 6.46. The van der Waals surface area contributed by atoms with Crippen molar-refractivity contribution < 1.29 is 5.11 Å². The van der Waals surface area contributed by atoms with Gasteiger partial charge in [-0.05, 0) is 30.4 Å². The third-order valence-electron chi connectivity index (χ3n) is 3.41. The molecule has 0 bridgehead atoms. The van der Waals surface area contributed by atoms with Crippen molar-refractivity contribution in [1.29, 1.82) is 0 Å². The molecule has 0 saturated heterocycles. The summed E-state index contributed by atoms with van der Waals surface area (Å²) in [7, 11) is 0. The molecule has 94 valence electrons. The van der Waals surface area contributed by atoms with Crippen molar-refractivity contribution >= 4 is 0 Å². The van der Waals surface area contributed by atoms with Crippen molar-refractivity contribution in [2.45, 2.75) is 32.3 Å². The highest BCUT2D eigenvalue weighted by Crippen LogP contribution is 2.27. The molecule has 2 aromatic rings. The van der Waals surface area contributed by atoms with Gasteiger partial charge in [-0.3, -0.25) is 0 Å². The molecule has 18 heavy (non-hydrogen) atoms. The number of aliphatic hydroxyl groups is 1. The molecule has 0 radical (unpaired) electrons. The summed E-state index contributed by atoms with van der Waals surface area (Å²) in [5.41, 5.74) is 3.51. The van der Waals surface area contributed by atoms with Crippen molar-refractivity contribution in [3.05, 3.63) is 71.3 Å². The van der Waals surface area contributed by atoms with Gasteiger partial charge in [0.1, 0.15) is 0 Å². The van der Waals surface area contributed by atoms with Gasteiger partial charge in [0.25, 0.3) is 0 Å². The Morgan fingerprint density at radius 2 is 1.50 bits per heavy atom. The minimum atomic E-state index is -0.388. The van der Waals surface area contributed by atoms with Gasteiger partial charge in [-0.15, -0.1) is 0 Å². The number of rotatable bonds is 4. The van der Waals surface area contributed by atoms with Crippen molar-refractivity contribution in [1.82, 2.24) is 0 Å². The Balaban J connectivity index is 2.03. The number of aryl methyl sites for hydroxylation is 1. The predicted octanol–water partition coefficient (Wildman–Crippen LogP) is 4.22. The molecule has 2 aromatic carbocycles. The first kappa shape index (κ1) is 12.8. The lowest BCUT2D eigenvalue weighted by Crippen LogP contribution is -2.03. The molecule has 0 aliphatic heterocycles. The Kier molecular flexibility index (Phi) is 4.16. The smallest absolute Gasteiger partial charge is 0.0795 e. The van der Waals surface area contributed by atoms with Crippen LogP contribution in [0, 0.1) is 6.92 Å². The summed E-state index contributed by atoms with van der Waals surface area (Å²) in [6, 6.07) is 18.5.